The third-order valence-electron chi connectivity index (χ3n) is 5.34. The van der Waals surface area contributed by atoms with Gasteiger partial charge in [0.2, 0.25) is 5.91 Å². The molecule has 0 radical (unpaired) electrons. The molecule has 0 atom stereocenters. The summed E-state index contributed by atoms with van der Waals surface area (Å²) in [6.07, 6.45) is 3.15. The number of ether oxygens (including phenoxy) is 1. The highest BCUT2D eigenvalue weighted by Gasteiger charge is 2.42. The number of nitrogens with zero attached hydrogens (tertiary/aromatic N) is 2. The summed E-state index contributed by atoms with van der Waals surface area (Å²) in [7, 11) is 0. The predicted molar refractivity (Wildman–Crippen MR) is 91.1 cm³/mol. The van der Waals surface area contributed by atoms with Gasteiger partial charge < -0.3 is 14.2 Å². The van der Waals surface area contributed by atoms with E-state index in [2.05, 4.69) is 16.6 Å². The monoisotopic (exact) mass is 346 g/mol. The Morgan fingerprint density at radius 2 is 2.17 bits per heavy atom. The number of hydrogen-bond donors (Lipinski definition) is 0. The molecule has 0 saturated carbocycles. The lowest BCUT2D eigenvalue weighted by molar-refractivity contribution is -0.139. The lowest BCUT2D eigenvalue weighted by Gasteiger charge is -2.43. The van der Waals surface area contributed by atoms with Crippen molar-refractivity contribution in [3.63, 3.8) is 0 Å². The fourth-order valence-corrected chi connectivity index (χ4v) is 5.03. The molecule has 2 aliphatic rings. The Morgan fingerprint density at radius 3 is 2.88 bits per heavy atom. The van der Waals surface area contributed by atoms with E-state index in [4.69, 9.17) is 9.26 Å². The van der Waals surface area contributed by atoms with Gasteiger partial charge in [-0.3, -0.25) is 4.79 Å². The van der Waals surface area contributed by atoms with E-state index in [1.807, 2.05) is 18.7 Å². The second kappa shape index (κ2) is 6.01. The van der Waals surface area contributed by atoms with Crippen LogP contribution in [0, 0.1) is 13.8 Å². The number of fused-ring (bicyclic) bond motifs is 2. The van der Waals surface area contributed by atoms with Gasteiger partial charge in [-0.2, -0.15) is 0 Å². The highest BCUT2D eigenvalue weighted by Crippen LogP contribution is 2.44. The van der Waals surface area contributed by atoms with Crippen LogP contribution in [-0.2, 0) is 28.0 Å². The number of piperidine rings is 1. The molecule has 1 saturated heterocycles. The largest absolute Gasteiger partial charge is 0.369 e. The molecular weight excluding hydrogens is 324 g/mol. The molecule has 2 aromatic rings. The molecule has 0 unspecified atom stereocenters. The van der Waals surface area contributed by atoms with Crippen molar-refractivity contribution in [3.05, 3.63) is 38.9 Å². The number of aromatic nitrogens is 1. The number of carbonyl (C=O) groups is 1. The van der Waals surface area contributed by atoms with Crippen LogP contribution < -0.4 is 0 Å². The van der Waals surface area contributed by atoms with Crippen molar-refractivity contribution in [2.24, 2.45) is 0 Å². The SMILES string of the molecule is Cc1noc(C)c1CC(=O)N1CCC2(CC1)OCCc1ccsc12. The highest BCUT2D eigenvalue weighted by atomic mass is 32.1. The van der Waals surface area contributed by atoms with Gasteiger partial charge in [0.05, 0.1) is 18.7 Å². The van der Waals surface area contributed by atoms with E-state index in [9.17, 15) is 4.79 Å². The minimum atomic E-state index is -0.165. The van der Waals surface area contributed by atoms with Crippen LogP contribution in [0.2, 0.25) is 0 Å². The Morgan fingerprint density at radius 1 is 1.38 bits per heavy atom. The van der Waals surface area contributed by atoms with E-state index in [1.54, 1.807) is 11.3 Å². The maximum atomic E-state index is 12.7. The van der Waals surface area contributed by atoms with Crippen LogP contribution in [0.25, 0.3) is 0 Å². The summed E-state index contributed by atoms with van der Waals surface area (Å²) in [5.74, 6) is 0.898. The summed E-state index contributed by atoms with van der Waals surface area (Å²) in [5, 5.41) is 6.10. The van der Waals surface area contributed by atoms with Crippen molar-refractivity contribution in [1.29, 1.82) is 0 Å². The second-order valence-electron chi connectivity index (χ2n) is 6.73. The Hall–Kier alpha value is -1.66. The lowest BCUT2D eigenvalue weighted by Crippen LogP contribution is -2.48. The van der Waals surface area contributed by atoms with Crippen LogP contribution in [0.5, 0.6) is 0 Å². The quantitative estimate of drug-likeness (QED) is 0.839. The van der Waals surface area contributed by atoms with Crippen LogP contribution in [0.1, 0.15) is 40.3 Å². The van der Waals surface area contributed by atoms with Crippen molar-refractivity contribution in [2.75, 3.05) is 19.7 Å². The maximum Gasteiger partial charge on any atom is 0.227 e. The normalized spacial score (nSPS) is 19.5. The van der Waals surface area contributed by atoms with Crippen molar-refractivity contribution in [3.8, 4) is 0 Å². The molecule has 6 heteroatoms. The van der Waals surface area contributed by atoms with E-state index >= 15 is 0 Å². The fraction of sp³-hybridized carbons (Fsp3) is 0.556. The van der Waals surface area contributed by atoms with Gasteiger partial charge in [0, 0.05) is 23.5 Å². The van der Waals surface area contributed by atoms with E-state index in [0.29, 0.717) is 6.42 Å². The molecule has 4 rings (SSSR count). The minimum absolute atomic E-state index is 0.154. The fourth-order valence-electron chi connectivity index (χ4n) is 3.86. The van der Waals surface area contributed by atoms with Crippen molar-refractivity contribution in [2.45, 2.75) is 45.1 Å². The average Bonchev–Trinajstić information content (AvgIpc) is 3.19. The standard InChI is InChI=1S/C18H22N2O3S/c1-12-15(13(2)23-19-12)11-16(21)20-7-5-18(6-8-20)17-14(3-9-22-18)4-10-24-17/h4,10H,3,5-9,11H2,1-2H3. The number of aryl methyl sites for hydroxylation is 2. The summed E-state index contributed by atoms with van der Waals surface area (Å²) < 4.78 is 11.4. The van der Waals surface area contributed by atoms with Crippen molar-refractivity contribution >= 4 is 17.2 Å². The number of amides is 1. The number of thiophene rings is 1. The third-order valence-corrected chi connectivity index (χ3v) is 6.49. The molecule has 24 heavy (non-hydrogen) atoms. The topological polar surface area (TPSA) is 55.6 Å². The molecular formula is C18H22N2O3S. The van der Waals surface area contributed by atoms with E-state index in [-0.39, 0.29) is 11.5 Å². The molecule has 2 aromatic heterocycles. The van der Waals surface area contributed by atoms with E-state index in [1.165, 1.54) is 10.4 Å². The first-order valence-electron chi connectivity index (χ1n) is 8.49. The zero-order chi connectivity index (χ0) is 16.7. The molecule has 2 aliphatic heterocycles. The van der Waals surface area contributed by atoms with Gasteiger partial charge in [0.15, 0.2) is 0 Å². The minimum Gasteiger partial charge on any atom is -0.369 e. The number of carbonyl (C=O) groups excluding carboxylic acids is 1. The molecule has 1 spiro atoms. The number of likely N-dealkylation sites (tertiary alicyclic amines) is 1. The smallest absolute Gasteiger partial charge is 0.227 e. The van der Waals surface area contributed by atoms with Gasteiger partial charge in [-0.1, -0.05) is 5.16 Å². The first kappa shape index (κ1) is 15.8. The van der Waals surface area contributed by atoms with Gasteiger partial charge in [-0.15, -0.1) is 11.3 Å². The summed E-state index contributed by atoms with van der Waals surface area (Å²) in [6.45, 7) is 6.04. The summed E-state index contributed by atoms with van der Waals surface area (Å²) in [4.78, 5) is 16.0. The average molecular weight is 346 g/mol. The molecule has 0 aromatic carbocycles. The molecule has 1 fully saturated rings. The Labute approximate surface area is 145 Å². The molecule has 0 N–H and O–H groups in total. The van der Waals surface area contributed by atoms with Gasteiger partial charge in [-0.05, 0) is 50.1 Å². The first-order valence-corrected chi connectivity index (χ1v) is 9.37. The van der Waals surface area contributed by atoms with Crippen LogP contribution in [0.15, 0.2) is 16.0 Å². The van der Waals surface area contributed by atoms with Crippen LogP contribution >= 0.6 is 11.3 Å². The molecule has 0 bridgehead atoms. The zero-order valence-corrected chi connectivity index (χ0v) is 14.9. The molecule has 1 amide bonds. The highest BCUT2D eigenvalue weighted by molar-refractivity contribution is 7.10. The lowest BCUT2D eigenvalue weighted by atomic mass is 9.85. The Bertz CT molecular complexity index is 737. The second-order valence-corrected chi connectivity index (χ2v) is 7.64. The summed E-state index contributed by atoms with van der Waals surface area (Å²) >= 11 is 1.80. The Kier molecular flexibility index (Phi) is 3.96. The van der Waals surface area contributed by atoms with E-state index < -0.39 is 0 Å². The zero-order valence-electron chi connectivity index (χ0n) is 14.1. The van der Waals surface area contributed by atoms with Crippen molar-refractivity contribution in [1.82, 2.24) is 10.1 Å². The first-order chi connectivity index (χ1) is 11.6. The van der Waals surface area contributed by atoms with Crippen molar-refractivity contribution < 1.29 is 14.1 Å². The number of rotatable bonds is 2. The molecule has 128 valence electrons. The molecule has 5 nitrogen and oxygen atoms in total. The predicted octanol–water partition coefficient (Wildman–Crippen LogP) is 2.99. The van der Waals surface area contributed by atoms with Gasteiger partial charge in [0.25, 0.3) is 0 Å². The number of hydrogen-bond acceptors (Lipinski definition) is 5. The summed E-state index contributed by atoms with van der Waals surface area (Å²) in [5.41, 5.74) is 3.01. The van der Waals surface area contributed by atoms with Crippen LogP contribution in [0.3, 0.4) is 0 Å². The van der Waals surface area contributed by atoms with Crippen LogP contribution in [-0.4, -0.2) is 35.7 Å². The Balaban J connectivity index is 1.45. The molecule has 4 heterocycles. The molecule has 0 aliphatic carbocycles. The van der Waals surface area contributed by atoms with Gasteiger partial charge in [0.1, 0.15) is 11.4 Å². The summed E-state index contributed by atoms with van der Waals surface area (Å²) in [6, 6.07) is 2.22. The van der Waals surface area contributed by atoms with Gasteiger partial charge in [-0.25, -0.2) is 0 Å². The van der Waals surface area contributed by atoms with Crippen LogP contribution in [0.4, 0.5) is 0 Å². The van der Waals surface area contributed by atoms with Gasteiger partial charge >= 0.3 is 0 Å². The third kappa shape index (κ3) is 2.58. The van der Waals surface area contributed by atoms with E-state index in [0.717, 1.165) is 56.0 Å². The maximum absolute atomic E-state index is 12.7.